The summed E-state index contributed by atoms with van der Waals surface area (Å²) in [5, 5.41) is 5.43. The number of rotatable bonds is 6. The second-order valence-corrected chi connectivity index (χ2v) is 10.0. The normalized spacial score (nSPS) is 19.5. The van der Waals surface area contributed by atoms with E-state index in [9.17, 15) is 4.79 Å². The number of hydrogen-bond acceptors (Lipinski definition) is 3. The third-order valence-electron chi connectivity index (χ3n) is 6.88. The lowest BCUT2D eigenvalue weighted by Crippen LogP contribution is -2.46. The molecule has 0 unspecified atom stereocenters. The molecule has 2 aliphatic rings. The van der Waals surface area contributed by atoms with Gasteiger partial charge < -0.3 is 14.8 Å². The van der Waals surface area contributed by atoms with Crippen molar-refractivity contribution >= 4 is 17.2 Å². The molecule has 1 amide bonds. The van der Waals surface area contributed by atoms with Gasteiger partial charge in [0.05, 0.1) is 12.1 Å². The maximum atomic E-state index is 13.0. The van der Waals surface area contributed by atoms with Crippen molar-refractivity contribution in [1.29, 1.82) is 0 Å². The third-order valence-corrected chi connectivity index (χ3v) is 7.74. The number of nitrogens with one attached hydrogen (secondary N) is 1. The van der Waals surface area contributed by atoms with Crippen LogP contribution in [0.2, 0.25) is 0 Å². The van der Waals surface area contributed by atoms with Crippen molar-refractivity contribution in [3.63, 3.8) is 0 Å². The molecule has 4 rings (SSSR count). The molecule has 0 aromatic carbocycles. The molecule has 1 saturated heterocycles. The van der Waals surface area contributed by atoms with E-state index >= 15 is 0 Å². The van der Waals surface area contributed by atoms with Gasteiger partial charge in [0.2, 0.25) is 0 Å². The first-order valence-corrected chi connectivity index (χ1v) is 12.2. The van der Waals surface area contributed by atoms with Gasteiger partial charge in [0.1, 0.15) is 0 Å². The lowest BCUT2D eigenvalue weighted by atomic mass is 9.88. The van der Waals surface area contributed by atoms with E-state index in [4.69, 9.17) is 0 Å². The number of carbonyl (C=O) groups excluding carboxylic acids is 1. The highest BCUT2D eigenvalue weighted by Gasteiger charge is 2.25. The molecule has 0 spiro atoms. The van der Waals surface area contributed by atoms with Crippen LogP contribution in [-0.4, -0.2) is 41.1 Å². The van der Waals surface area contributed by atoms with E-state index in [0.29, 0.717) is 6.04 Å². The molecule has 1 aliphatic carbocycles. The smallest absolute Gasteiger partial charge is 0.253 e. The number of aromatic nitrogens is 1. The first-order chi connectivity index (χ1) is 14.1. The molecule has 1 N–H and O–H groups in total. The summed E-state index contributed by atoms with van der Waals surface area (Å²) >= 11 is 1.77. The van der Waals surface area contributed by atoms with Crippen LogP contribution in [0.1, 0.15) is 71.6 Å². The van der Waals surface area contributed by atoms with E-state index in [1.165, 1.54) is 43.5 Å². The summed E-state index contributed by atoms with van der Waals surface area (Å²) in [6, 6.07) is 6.61. The fourth-order valence-corrected chi connectivity index (χ4v) is 5.78. The first-order valence-electron chi connectivity index (χ1n) is 11.3. The van der Waals surface area contributed by atoms with E-state index in [-0.39, 0.29) is 5.91 Å². The zero-order chi connectivity index (χ0) is 20.2. The maximum absolute atomic E-state index is 13.0. The maximum Gasteiger partial charge on any atom is 0.253 e. The Morgan fingerprint density at radius 1 is 1.14 bits per heavy atom. The molecule has 4 nitrogen and oxygen atoms in total. The number of piperidine rings is 1. The second kappa shape index (κ2) is 9.48. The van der Waals surface area contributed by atoms with Gasteiger partial charge in [0.25, 0.3) is 5.91 Å². The van der Waals surface area contributed by atoms with E-state index in [1.54, 1.807) is 11.3 Å². The number of thiophene rings is 1. The molecule has 2 fully saturated rings. The van der Waals surface area contributed by atoms with Gasteiger partial charge in [-0.1, -0.05) is 25.3 Å². The van der Waals surface area contributed by atoms with E-state index in [0.717, 1.165) is 55.3 Å². The molecule has 0 bridgehead atoms. The quantitative estimate of drug-likeness (QED) is 0.724. The summed E-state index contributed by atoms with van der Waals surface area (Å²) in [6.07, 6.45) is 9.25. The van der Waals surface area contributed by atoms with Gasteiger partial charge in [0, 0.05) is 41.9 Å². The molecular formula is C24H35N3OS. The highest BCUT2D eigenvalue weighted by Crippen LogP contribution is 2.26. The Labute approximate surface area is 179 Å². The molecule has 1 aliphatic heterocycles. The molecule has 5 heteroatoms. The number of likely N-dealkylation sites (tertiary alicyclic amines) is 1. The summed E-state index contributed by atoms with van der Waals surface area (Å²) in [6.45, 7) is 8.54. The number of carbonyl (C=O) groups is 1. The van der Waals surface area contributed by atoms with Gasteiger partial charge in [-0.2, -0.15) is 0 Å². The number of hydrogen-bond donors (Lipinski definition) is 1. The van der Waals surface area contributed by atoms with Crippen molar-refractivity contribution in [2.45, 2.75) is 71.4 Å². The van der Waals surface area contributed by atoms with Crippen LogP contribution in [-0.2, 0) is 6.54 Å². The van der Waals surface area contributed by atoms with Gasteiger partial charge in [0.15, 0.2) is 0 Å². The Morgan fingerprint density at radius 2 is 1.90 bits per heavy atom. The Hall–Kier alpha value is -1.59. The number of aryl methyl sites for hydroxylation is 1. The van der Waals surface area contributed by atoms with Gasteiger partial charge in [-0.05, 0) is 63.0 Å². The number of amides is 1. The minimum absolute atomic E-state index is 0.0984. The Bertz CT molecular complexity index is 796. The Kier molecular flexibility index (Phi) is 6.76. The van der Waals surface area contributed by atoms with Gasteiger partial charge >= 0.3 is 0 Å². The summed E-state index contributed by atoms with van der Waals surface area (Å²) in [4.78, 5) is 16.9. The third kappa shape index (κ3) is 5.13. The highest BCUT2D eigenvalue weighted by atomic mass is 32.1. The van der Waals surface area contributed by atoms with Crippen molar-refractivity contribution in [3.05, 3.63) is 45.4 Å². The molecule has 29 heavy (non-hydrogen) atoms. The van der Waals surface area contributed by atoms with Crippen molar-refractivity contribution in [1.82, 2.24) is 14.8 Å². The largest absolute Gasteiger partial charge is 0.349 e. The van der Waals surface area contributed by atoms with E-state index in [2.05, 4.69) is 52.2 Å². The van der Waals surface area contributed by atoms with Crippen LogP contribution >= 0.6 is 11.3 Å². The average Bonchev–Trinajstić information content (AvgIpc) is 3.34. The Morgan fingerprint density at radius 3 is 2.59 bits per heavy atom. The summed E-state index contributed by atoms with van der Waals surface area (Å²) in [5.41, 5.74) is 3.06. The minimum Gasteiger partial charge on any atom is -0.349 e. The average molecular weight is 414 g/mol. The monoisotopic (exact) mass is 413 g/mol. The standard InChI is InChI=1S/C24H35N3OS/c1-18-15-23(19(2)27(18)17-22-9-6-14-29-22)24(28)25-21-10-12-26(13-11-21)16-20-7-4-3-5-8-20/h6,9,14-15,20-21H,3-5,7-8,10-13,16-17H2,1-2H3,(H,25,28). The van der Waals surface area contributed by atoms with Crippen LogP contribution in [0.15, 0.2) is 23.6 Å². The topological polar surface area (TPSA) is 37.3 Å². The van der Waals surface area contributed by atoms with Crippen LogP contribution in [0.3, 0.4) is 0 Å². The zero-order valence-corrected chi connectivity index (χ0v) is 18.8. The summed E-state index contributed by atoms with van der Waals surface area (Å²) in [7, 11) is 0. The van der Waals surface area contributed by atoms with Crippen LogP contribution in [0.25, 0.3) is 0 Å². The van der Waals surface area contributed by atoms with Crippen molar-refractivity contribution < 1.29 is 4.79 Å². The fraction of sp³-hybridized carbons (Fsp3) is 0.625. The highest BCUT2D eigenvalue weighted by molar-refractivity contribution is 7.09. The molecule has 1 saturated carbocycles. The summed E-state index contributed by atoms with van der Waals surface area (Å²) < 4.78 is 2.26. The molecule has 0 radical (unpaired) electrons. The molecular weight excluding hydrogens is 378 g/mol. The van der Waals surface area contributed by atoms with Gasteiger partial charge in [-0.3, -0.25) is 4.79 Å². The molecule has 3 heterocycles. The summed E-state index contributed by atoms with van der Waals surface area (Å²) in [5.74, 6) is 1.00. The second-order valence-electron chi connectivity index (χ2n) is 9.00. The van der Waals surface area contributed by atoms with E-state index < -0.39 is 0 Å². The zero-order valence-electron chi connectivity index (χ0n) is 18.0. The molecule has 2 aromatic rings. The Balaban J connectivity index is 1.30. The molecule has 2 aromatic heterocycles. The van der Waals surface area contributed by atoms with E-state index in [1.807, 2.05) is 0 Å². The minimum atomic E-state index is 0.0984. The van der Waals surface area contributed by atoms with Crippen molar-refractivity contribution in [2.75, 3.05) is 19.6 Å². The predicted molar refractivity (Wildman–Crippen MR) is 121 cm³/mol. The number of nitrogens with zero attached hydrogens (tertiary/aromatic N) is 2. The van der Waals surface area contributed by atoms with Gasteiger partial charge in [-0.25, -0.2) is 0 Å². The van der Waals surface area contributed by atoms with Crippen molar-refractivity contribution in [2.24, 2.45) is 5.92 Å². The molecule has 158 valence electrons. The van der Waals surface area contributed by atoms with Crippen LogP contribution < -0.4 is 5.32 Å². The van der Waals surface area contributed by atoms with Gasteiger partial charge in [-0.15, -0.1) is 11.3 Å². The predicted octanol–water partition coefficient (Wildman–Crippen LogP) is 4.99. The van der Waals surface area contributed by atoms with Crippen molar-refractivity contribution in [3.8, 4) is 0 Å². The lowest BCUT2D eigenvalue weighted by molar-refractivity contribution is 0.0901. The van der Waals surface area contributed by atoms with Crippen LogP contribution in [0.4, 0.5) is 0 Å². The fourth-order valence-electron chi connectivity index (χ4n) is 5.09. The molecule has 0 atom stereocenters. The van der Waals surface area contributed by atoms with Crippen LogP contribution in [0.5, 0.6) is 0 Å². The lowest BCUT2D eigenvalue weighted by Gasteiger charge is -2.35. The van der Waals surface area contributed by atoms with Crippen LogP contribution in [0, 0.1) is 19.8 Å². The SMILES string of the molecule is Cc1cc(C(=O)NC2CCN(CC3CCCCC3)CC2)c(C)n1Cc1cccs1. The first kappa shape index (κ1) is 20.7.